The summed E-state index contributed by atoms with van der Waals surface area (Å²) in [6.45, 7) is 13.2. The maximum Gasteiger partial charge on any atom is 0.0696 e. The van der Waals surface area contributed by atoms with E-state index in [1.165, 1.54) is 5.39 Å². The Balaban J connectivity index is 0.000000264. The van der Waals surface area contributed by atoms with Gasteiger partial charge in [0.25, 0.3) is 0 Å². The molecule has 0 aliphatic heterocycles. The number of benzene rings is 4. The quantitative estimate of drug-likeness (QED) is 0.189. The van der Waals surface area contributed by atoms with Crippen LogP contribution in [0.25, 0.3) is 21.8 Å². The van der Waals surface area contributed by atoms with Gasteiger partial charge < -0.3 is 0 Å². The number of fused-ring (bicyclic) bond motifs is 2. The average Bonchev–Trinajstić information content (AvgIpc) is 3.50. The highest BCUT2D eigenvalue weighted by Gasteiger charge is 2.11. The van der Waals surface area contributed by atoms with Gasteiger partial charge in [-0.2, -0.15) is 10.2 Å². The van der Waals surface area contributed by atoms with Gasteiger partial charge in [-0.05, 0) is 55.8 Å². The molecule has 4 aromatic carbocycles. The molecular weight excluding hydrogens is 618 g/mol. The Hall–Kier alpha value is -3.02. The SMILES string of the molecule is C.CC.CC.Cc1nn(Cc2c(Cl)cccc2Cl)c2ccccc12.Cc1nn(Cc2ccc(Cl)cc2Cl)c2ccccc12. The standard InChI is InChI=1S/2C15H12Cl2N2.2C2H6.CH4/c1-10-11-5-2-3-8-15(11)19(18-10)9-12-13(16)6-4-7-14(12)17;1-10-13-4-2-3-5-15(13)19(18-10)9-11-6-7-12(16)8-14(11)17;2*1-2;/h2*2-8H,9H2,1H3;2*1-2H3;1H4. The third kappa shape index (κ3) is 8.77. The highest BCUT2D eigenvalue weighted by atomic mass is 35.5. The molecule has 0 atom stereocenters. The summed E-state index contributed by atoms with van der Waals surface area (Å²) in [7, 11) is 0. The first-order valence-corrected chi connectivity index (χ1v) is 15.5. The van der Waals surface area contributed by atoms with E-state index in [-0.39, 0.29) is 7.43 Å². The zero-order valence-electron chi connectivity index (χ0n) is 24.8. The highest BCUT2D eigenvalue weighted by molar-refractivity contribution is 6.36. The van der Waals surface area contributed by atoms with E-state index in [9.17, 15) is 0 Å². The van der Waals surface area contributed by atoms with Gasteiger partial charge in [-0.3, -0.25) is 9.36 Å². The Labute approximate surface area is 276 Å². The number of nitrogens with zero attached hydrogens (tertiary/aromatic N) is 4. The second kappa shape index (κ2) is 17.3. The van der Waals surface area contributed by atoms with E-state index in [2.05, 4.69) is 34.5 Å². The van der Waals surface area contributed by atoms with Crippen molar-refractivity contribution < 1.29 is 0 Å². The summed E-state index contributed by atoms with van der Waals surface area (Å²) in [6.07, 6.45) is 0. The van der Waals surface area contributed by atoms with E-state index in [4.69, 9.17) is 46.4 Å². The molecule has 43 heavy (non-hydrogen) atoms. The molecule has 0 radical (unpaired) electrons. The Morgan fingerprint density at radius 1 is 0.558 bits per heavy atom. The fourth-order valence-corrected chi connectivity index (χ4v) is 5.46. The summed E-state index contributed by atoms with van der Waals surface area (Å²) in [5.41, 5.74) is 6.17. The zero-order valence-corrected chi connectivity index (χ0v) is 27.8. The minimum absolute atomic E-state index is 0. The maximum absolute atomic E-state index is 6.21. The molecule has 0 aliphatic rings. The van der Waals surface area contributed by atoms with Gasteiger partial charge in [-0.15, -0.1) is 0 Å². The summed E-state index contributed by atoms with van der Waals surface area (Å²) in [5, 5.41) is 14.1. The van der Waals surface area contributed by atoms with Crippen molar-refractivity contribution in [2.45, 2.75) is 62.1 Å². The largest absolute Gasteiger partial charge is 0.260 e. The van der Waals surface area contributed by atoms with E-state index in [1.54, 1.807) is 6.07 Å². The lowest BCUT2D eigenvalue weighted by Crippen LogP contribution is -2.03. The van der Waals surface area contributed by atoms with Gasteiger partial charge in [0.15, 0.2) is 0 Å². The molecular formula is C35H40Cl4N4. The topological polar surface area (TPSA) is 35.6 Å². The van der Waals surface area contributed by atoms with Crippen molar-refractivity contribution in [1.29, 1.82) is 0 Å². The lowest BCUT2D eigenvalue weighted by Gasteiger charge is -2.08. The molecule has 0 saturated carbocycles. The predicted molar refractivity (Wildman–Crippen MR) is 189 cm³/mol. The molecule has 0 unspecified atom stereocenters. The number of para-hydroxylation sites is 2. The van der Waals surface area contributed by atoms with Gasteiger partial charge in [0, 0.05) is 36.4 Å². The van der Waals surface area contributed by atoms with Crippen molar-refractivity contribution >= 4 is 68.2 Å². The van der Waals surface area contributed by atoms with Crippen LogP contribution in [0.2, 0.25) is 20.1 Å². The van der Waals surface area contributed by atoms with Crippen LogP contribution < -0.4 is 0 Å². The van der Waals surface area contributed by atoms with Crippen molar-refractivity contribution in [2.24, 2.45) is 0 Å². The predicted octanol–water partition coefficient (Wildman–Crippen LogP) is 12.1. The van der Waals surface area contributed by atoms with Crippen molar-refractivity contribution in [1.82, 2.24) is 19.6 Å². The molecule has 0 saturated heterocycles. The van der Waals surface area contributed by atoms with Crippen LogP contribution in [0.15, 0.2) is 84.9 Å². The smallest absolute Gasteiger partial charge is 0.0696 e. The molecule has 0 aliphatic carbocycles. The molecule has 2 aromatic heterocycles. The number of aryl methyl sites for hydroxylation is 2. The summed E-state index contributed by atoms with van der Waals surface area (Å²) in [5.74, 6) is 0. The van der Waals surface area contributed by atoms with Crippen LogP contribution in [-0.2, 0) is 13.1 Å². The Morgan fingerprint density at radius 2 is 1.02 bits per heavy atom. The minimum atomic E-state index is 0. The van der Waals surface area contributed by atoms with E-state index >= 15 is 0 Å². The summed E-state index contributed by atoms with van der Waals surface area (Å²) in [6, 6.07) is 27.4. The Kier molecular flexibility index (Phi) is 14.6. The molecule has 6 rings (SSSR count). The molecule has 8 heteroatoms. The number of aromatic nitrogens is 4. The van der Waals surface area contributed by atoms with Gasteiger partial charge in [0.05, 0.1) is 35.5 Å². The second-order valence-corrected chi connectivity index (χ2v) is 10.6. The summed E-state index contributed by atoms with van der Waals surface area (Å²) >= 11 is 24.5. The third-order valence-electron chi connectivity index (χ3n) is 6.39. The first-order valence-electron chi connectivity index (χ1n) is 14.0. The molecule has 0 bridgehead atoms. The fourth-order valence-electron chi connectivity index (χ4n) is 4.47. The minimum Gasteiger partial charge on any atom is -0.260 e. The van der Waals surface area contributed by atoms with Gasteiger partial charge in [0.2, 0.25) is 0 Å². The fraction of sp³-hybridized carbons (Fsp3) is 0.257. The molecule has 6 aromatic rings. The Morgan fingerprint density at radius 3 is 1.51 bits per heavy atom. The first-order chi connectivity index (χ1) is 20.3. The van der Waals surface area contributed by atoms with Crippen LogP contribution >= 0.6 is 46.4 Å². The van der Waals surface area contributed by atoms with E-state index in [0.29, 0.717) is 33.2 Å². The van der Waals surface area contributed by atoms with Crippen molar-refractivity contribution in [3.05, 3.63) is 128 Å². The molecule has 0 fully saturated rings. The van der Waals surface area contributed by atoms with Crippen molar-refractivity contribution in [3.8, 4) is 0 Å². The van der Waals surface area contributed by atoms with Crippen LogP contribution in [0.1, 0.15) is 57.6 Å². The van der Waals surface area contributed by atoms with E-state index in [1.807, 2.05) is 106 Å². The van der Waals surface area contributed by atoms with Crippen LogP contribution in [0.5, 0.6) is 0 Å². The highest BCUT2D eigenvalue weighted by Crippen LogP contribution is 2.27. The van der Waals surface area contributed by atoms with Crippen LogP contribution in [0.3, 0.4) is 0 Å². The van der Waals surface area contributed by atoms with Crippen LogP contribution in [0, 0.1) is 13.8 Å². The van der Waals surface area contributed by atoms with Crippen molar-refractivity contribution in [3.63, 3.8) is 0 Å². The zero-order chi connectivity index (χ0) is 30.8. The molecule has 0 spiro atoms. The maximum atomic E-state index is 6.21. The molecule has 4 nitrogen and oxygen atoms in total. The van der Waals surface area contributed by atoms with Crippen LogP contribution in [-0.4, -0.2) is 19.6 Å². The van der Waals surface area contributed by atoms with Crippen LogP contribution in [0.4, 0.5) is 0 Å². The lowest BCUT2D eigenvalue weighted by atomic mass is 10.2. The van der Waals surface area contributed by atoms with Gasteiger partial charge in [-0.1, -0.05) is 130 Å². The monoisotopic (exact) mass is 656 g/mol. The van der Waals surface area contributed by atoms with Gasteiger partial charge in [-0.25, -0.2) is 0 Å². The second-order valence-electron chi connectivity index (χ2n) is 8.96. The number of rotatable bonds is 4. The summed E-state index contributed by atoms with van der Waals surface area (Å²) < 4.78 is 3.91. The first kappa shape index (κ1) is 36.2. The molecule has 228 valence electrons. The number of hydrogen-bond donors (Lipinski definition) is 0. The van der Waals surface area contributed by atoms with Gasteiger partial charge in [0.1, 0.15) is 0 Å². The third-order valence-corrected chi connectivity index (χ3v) is 7.69. The van der Waals surface area contributed by atoms with E-state index < -0.39 is 0 Å². The average molecular weight is 659 g/mol. The van der Waals surface area contributed by atoms with Gasteiger partial charge >= 0.3 is 0 Å². The normalized spacial score (nSPS) is 10.1. The summed E-state index contributed by atoms with van der Waals surface area (Å²) in [4.78, 5) is 0. The molecule has 2 heterocycles. The Bertz CT molecular complexity index is 1730. The van der Waals surface area contributed by atoms with Crippen molar-refractivity contribution in [2.75, 3.05) is 0 Å². The number of halogens is 4. The molecule has 0 amide bonds. The van der Waals surface area contributed by atoms with E-state index in [0.717, 1.165) is 38.9 Å². The number of hydrogen-bond acceptors (Lipinski definition) is 2. The molecule has 0 N–H and O–H groups in total. The lowest BCUT2D eigenvalue weighted by molar-refractivity contribution is 0.703.